The van der Waals surface area contributed by atoms with Crippen LogP contribution in [-0.4, -0.2) is 24.8 Å². The van der Waals surface area contributed by atoms with E-state index in [4.69, 9.17) is 5.73 Å². The molecule has 68 valence electrons. The monoisotopic (exact) mass is 178 g/mol. The van der Waals surface area contributed by atoms with Gasteiger partial charge in [-0.2, -0.15) is 5.10 Å². The molecule has 0 radical (unpaired) electrons. The topological polar surface area (TPSA) is 74.5 Å². The number of nitrogens with two attached hydrogens (primary N) is 1. The highest BCUT2D eigenvalue weighted by molar-refractivity contribution is 5.26. The van der Waals surface area contributed by atoms with Gasteiger partial charge in [-0.05, 0) is 6.07 Å². The quantitative estimate of drug-likeness (QED) is 0.681. The second kappa shape index (κ2) is 2.89. The van der Waals surface area contributed by atoms with Gasteiger partial charge in [0.1, 0.15) is 5.82 Å². The lowest BCUT2D eigenvalue weighted by molar-refractivity contribution is 0.617. The summed E-state index contributed by atoms with van der Waals surface area (Å²) >= 11 is 0. The van der Waals surface area contributed by atoms with Crippen LogP contribution in [0.1, 0.15) is 5.69 Å². The number of hydrogen-bond acceptors (Lipinski definition) is 4. The lowest BCUT2D eigenvalue weighted by atomic mass is 10.4. The fraction of sp³-hybridized carbons (Fsp3) is 0.286. The van der Waals surface area contributed by atoms with Crippen molar-refractivity contribution in [2.24, 2.45) is 7.05 Å². The molecule has 0 aliphatic rings. The van der Waals surface area contributed by atoms with Crippen LogP contribution < -0.4 is 5.73 Å². The summed E-state index contributed by atoms with van der Waals surface area (Å²) in [5.74, 6) is 0.640. The third kappa shape index (κ3) is 1.37. The molecule has 0 bridgehead atoms. The molecule has 0 unspecified atom stereocenters. The first-order valence-electron chi connectivity index (χ1n) is 3.88. The highest BCUT2D eigenvalue weighted by Crippen LogP contribution is 2.03. The Morgan fingerprint density at radius 3 is 2.92 bits per heavy atom. The molecule has 0 saturated heterocycles. The Morgan fingerprint density at radius 2 is 2.38 bits per heavy atom. The highest BCUT2D eigenvalue weighted by atomic mass is 15.4. The van der Waals surface area contributed by atoms with Crippen LogP contribution in [0.4, 0.5) is 5.82 Å². The average molecular weight is 178 g/mol. The van der Waals surface area contributed by atoms with E-state index in [0.29, 0.717) is 12.4 Å². The SMILES string of the molecule is Cn1nncc1Cn1nccc1N. The minimum atomic E-state index is 0.600. The first-order valence-corrected chi connectivity index (χ1v) is 3.88. The number of rotatable bonds is 2. The van der Waals surface area contributed by atoms with Gasteiger partial charge in [-0.3, -0.25) is 4.68 Å². The zero-order chi connectivity index (χ0) is 9.26. The van der Waals surface area contributed by atoms with Crippen LogP contribution in [0.3, 0.4) is 0 Å². The van der Waals surface area contributed by atoms with Gasteiger partial charge < -0.3 is 5.73 Å². The van der Waals surface area contributed by atoms with E-state index in [0.717, 1.165) is 5.69 Å². The molecule has 2 aromatic rings. The average Bonchev–Trinajstić information content (AvgIpc) is 2.65. The smallest absolute Gasteiger partial charge is 0.122 e. The number of aryl methyl sites for hydroxylation is 1. The van der Waals surface area contributed by atoms with Crippen LogP contribution >= 0.6 is 0 Å². The summed E-state index contributed by atoms with van der Waals surface area (Å²) in [5.41, 5.74) is 6.63. The van der Waals surface area contributed by atoms with Gasteiger partial charge in [-0.25, -0.2) is 4.68 Å². The summed E-state index contributed by atoms with van der Waals surface area (Å²) in [5, 5.41) is 11.6. The second-order valence-corrected chi connectivity index (χ2v) is 2.76. The van der Waals surface area contributed by atoms with Crippen LogP contribution in [0.5, 0.6) is 0 Å². The van der Waals surface area contributed by atoms with Gasteiger partial charge in [-0.15, -0.1) is 5.10 Å². The Morgan fingerprint density at radius 1 is 1.54 bits per heavy atom. The Bertz CT molecular complexity index is 362. The van der Waals surface area contributed by atoms with E-state index < -0.39 is 0 Å². The standard InChI is InChI=1S/C7H10N6/c1-12-6(4-9-11-12)5-13-7(8)2-3-10-13/h2-4H,5,8H2,1H3. The van der Waals surface area contributed by atoms with Crippen LogP contribution in [0.15, 0.2) is 18.5 Å². The van der Waals surface area contributed by atoms with Gasteiger partial charge >= 0.3 is 0 Å². The minimum absolute atomic E-state index is 0.600. The summed E-state index contributed by atoms with van der Waals surface area (Å²) in [6.45, 7) is 0.600. The maximum absolute atomic E-state index is 5.66. The molecule has 2 aromatic heterocycles. The molecule has 2 N–H and O–H groups in total. The van der Waals surface area contributed by atoms with Gasteiger partial charge in [0.15, 0.2) is 0 Å². The number of aromatic nitrogens is 5. The summed E-state index contributed by atoms with van der Waals surface area (Å²) in [7, 11) is 1.84. The van der Waals surface area contributed by atoms with Crippen molar-refractivity contribution in [1.82, 2.24) is 24.8 Å². The van der Waals surface area contributed by atoms with Gasteiger partial charge in [0.05, 0.1) is 24.6 Å². The van der Waals surface area contributed by atoms with E-state index in [1.54, 1.807) is 27.8 Å². The molecule has 6 nitrogen and oxygen atoms in total. The Balaban J connectivity index is 2.24. The Hall–Kier alpha value is -1.85. The van der Waals surface area contributed by atoms with Gasteiger partial charge in [-0.1, -0.05) is 5.21 Å². The van der Waals surface area contributed by atoms with E-state index in [1.807, 2.05) is 7.05 Å². The van der Waals surface area contributed by atoms with Crippen molar-refractivity contribution in [3.05, 3.63) is 24.2 Å². The summed E-state index contributed by atoms with van der Waals surface area (Å²) in [6.07, 6.45) is 3.36. The largest absolute Gasteiger partial charge is 0.384 e. The normalized spacial score (nSPS) is 10.5. The minimum Gasteiger partial charge on any atom is -0.384 e. The molecule has 0 aromatic carbocycles. The van der Waals surface area contributed by atoms with Gasteiger partial charge in [0.2, 0.25) is 0 Å². The third-order valence-electron chi connectivity index (χ3n) is 1.87. The molecule has 0 aliphatic heterocycles. The summed E-state index contributed by atoms with van der Waals surface area (Å²) < 4.78 is 3.39. The van der Waals surface area contributed by atoms with E-state index in [2.05, 4.69) is 15.4 Å². The molecule has 2 rings (SSSR count). The highest BCUT2D eigenvalue weighted by Gasteiger charge is 2.03. The molecule has 0 fully saturated rings. The summed E-state index contributed by atoms with van der Waals surface area (Å²) in [6, 6.07) is 1.75. The zero-order valence-electron chi connectivity index (χ0n) is 7.25. The second-order valence-electron chi connectivity index (χ2n) is 2.76. The Labute approximate surface area is 75.0 Å². The van der Waals surface area contributed by atoms with Crippen molar-refractivity contribution < 1.29 is 0 Å². The summed E-state index contributed by atoms with van der Waals surface area (Å²) in [4.78, 5) is 0. The van der Waals surface area contributed by atoms with Crippen molar-refractivity contribution in [2.75, 3.05) is 5.73 Å². The van der Waals surface area contributed by atoms with E-state index >= 15 is 0 Å². The van der Waals surface area contributed by atoms with Gasteiger partial charge in [0.25, 0.3) is 0 Å². The predicted molar refractivity (Wildman–Crippen MR) is 46.7 cm³/mol. The molecular formula is C7H10N6. The van der Waals surface area contributed by atoms with E-state index in [-0.39, 0.29) is 0 Å². The Kier molecular flexibility index (Phi) is 1.73. The number of nitrogen functional groups attached to an aromatic ring is 1. The van der Waals surface area contributed by atoms with Crippen molar-refractivity contribution in [1.29, 1.82) is 0 Å². The van der Waals surface area contributed by atoms with Crippen LogP contribution in [0, 0.1) is 0 Å². The van der Waals surface area contributed by atoms with Crippen molar-refractivity contribution in [2.45, 2.75) is 6.54 Å². The lowest BCUT2D eigenvalue weighted by Crippen LogP contribution is -2.09. The van der Waals surface area contributed by atoms with Crippen molar-refractivity contribution >= 4 is 5.82 Å². The van der Waals surface area contributed by atoms with Crippen LogP contribution in [-0.2, 0) is 13.6 Å². The molecular weight excluding hydrogens is 168 g/mol. The fourth-order valence-corrected chi connectivity index (χ4v) is 1.08. The molecule has 0 spiro atoms. The third-order valence-corrected chi connectivity index (χ3v) is 1.87. The predicted octanol–water partition coefficient (Wildman–Crippen LogP) is -0.358. The van der Waals surface area contributed by atoms with E-state index in [1.165, 1.54) is 0 Å². The first-order chi connectivity index (χ1) is 6.27. The molecule has 6 heteroatoms. The molecule has 13 heavy (non-hydrogen) atoms. The fourth-order valence-electron chi connectivity index (χ4n) is 1.08. The number of nitrogens with zero attached hydrogens (tertiary/aromatic N) is 5. The maximum Gasteiger partial charge on any atom is 0.122 e. The van der Waals surface area contributed by atoms with Crippen LogP contribution in [0.25, 0.3) is 0 Å². The van der Waals surface area contributed by atoms with E-state index in [9.17, 15) is 0 Å². The molecule has 0 amide bonds. The van der Waals surface area contributed by atoms with Crippen LogP contribution in [0.2, 0.25) is 0 Å². The molecule has 2 heterocycles. The number of hydrogen-bond donors (Lipinski definition) is 1. The van der Waals surface area contributed by atoms with Crippen molar-refractivity contribution in [3.8, 4) is 0 Å². The van der Waals surface area contributed by atoms with Crippen molar-refractivity contribution in [3.63, 3.8) is 0 Å². The maximum atomic E-state index is 5.66. The number of anilines is 1. The first kappa shape index (κ1) is 7.78. The molecule has 0 atom stereocenters. The molecule has 0 saturated carbocycles. The lowest BCUT2D eigenvalue weighted by Gasteiger charge is -2.02. The van der Waals surface area contributed by atoms with Gasteiger partial charge in [0, 0.05) is 7.05 Å². The molecule has 0 aliphatic carbocycles. The zero-order valence-corrected chi connectivity index (χ0v) is 7.25.